The van der Waals surface area contributed by atoms with Crippen molar-refractivity contribution in [3.63, 3.8) is 0 Å². The predicted octanol–water partition coefficient (Wildman–Crippen LogP) is 0.993. The molecule has 0 atom stereocenters. The smallest absolute Gasteiger partial charge is 0.116 e. The highest BCUT2D eigenvalue weighted by molar-refractivity contribution is 5.33. The Balaban J connectivity index is 3.55. The van der Waals surface area contributed by atoms with E-state index >= 15 is 0 Å². The molecule has 0 aliphatic heterocycles. The highest BCUT2D eigenvalue weighted by Gasteiger charge is 1.85. The van der Waals surface area contributed by atoms with E-state index in [1.807, 2.05) is 32.1 Å². The van der Waals surface area contributed by atoms with E-state index in [0.29, 0.717) is 5.75 Å². The van der Waals surface area contributed by atoms with Gasteiger partial charge in [-0.3, -0.25) is 0 Å². The van der Waals surface area contributed by atoms with Crippen LogP contribution in [0.25, 0.3) is 12.2 Å². The highest BCUT2D eigenvalue weighted by Crippen LogP contribution is 1.97. The molecule has 1 nitrogen and oxygen atoms in total. The maximum absolute atomic E-state index is 9.13. The number of rotatable bonds is 0. The van der Waals surface area contributed by atoms with Gasteiger partial charge in [-0.2, -0.15) is 0 Å². The molecule has 1 N–H and O–H groups in total. The molecule has 0 aliphatic rings. The van der Waals surface area contributed by atoms with Crippen LogP contribution in [0.4, 0.5) is 0 Å². The van der Waals surface area contributed by atoms with Crippen molar-refractivity contribution in [1.29, 1.82) is 0 Å². The number of phenols is 1. The van der Waals surface area contributed by atoms with Crippen LogP contribution in [0, 0.1) is 0 Å². The Morgan fingerprint density at radius 1 is 1.09 bits per heavy atom. The van der Waals surface area contributed by atoms with Crippen LogP contribution in [-0.4, -0.2) is 5.11 Å². The van der Waals surface area contributed by atoms with Gasteiger partial charge in [0.05, 0.1) is 0 Å². The first-order chi connectivity index (χ1) is 5.27. The Kier molecular flexibility index (Phi) is 2.32. The van der Waals surface area contributed by atoms with Crippen LogP contribution >= 0.6 is 0 Å². The molecule has 1 aromatic rings. The van der Waals surface area contributed by atoms with Crippen LogP contribution < -0.4 is 10.4 Å². The fourth-order valence-corrected chi connectivity index (χ4v) is 1.08. The van der Waals surface area contributed by atoms with Crippen LogP contribution in [0.3, 0.4) is 0 Å². The average molecular weight is 148 g/mol. The molecule has 0 unspecified atom stereocenters. The molecule has 1 rings (SSSR count). The molecule has 0 amide bonds. The summed E-state index contributed by atoms with van der Waals surface area (Å²) in [5.41, 5.74) is 0. The summed E-state index contributed by atoms with van der Waals surface area (Å²) < 4.78 is 0. The second kappa shape index (κ2) is 3.24. The van der Waals surface area contributed by atoms with Gasteiger partial charge < -0.3 is 5.11 Å². The lowest BCUT2D eigenvalue weighted by Crippen LogP contribution is -2.22. The molecular weight excluding hydrogens is 136 g/mol. The maximum Gasteiger partial charge on any atom is 0.116 e. The van der Waals surface area contributed by atoms with Gasteiger partial charge in [-0.25, -0.2) is 0 Å². The molecule has 0 saturated heterocycles. The van der Waals surface area contributed by atoms with E-state index in [2.05, 4.69) is 0 Å². The zero-order valence-electron chi connectivity index (χ0n) is 6.83. The predicted molar refractivity (Wildman–Crippen MR) is 47.6 cm³/mol. The maximum atomic E-state index is 9.13. The molecule has 0 bridgehead atoms. The summed E-state index contributed by atoms with van der Waals surface area (Å²) in [5, 5.41) is 11.4. The van der Waals surface area contributed by atoms with Crippen molar-refractivity contribution >= 4 is 12.2 Å². The molecule has 0 spiro atoms. The molecular formula is C10H12O. The molecule has 58 valence electrons. The van der Waals surface area contributed by atoms with Gasteiger partial charge in [0.25, 0.3) is 0 Å². The SMILES string of the molecule is C/C=c1/ccc(O)c/c1=C/C. The summed E-state index contributed by atoms with van der Waals surface area (Å²) in [6.45, 7) is 3.95. The van der Waals surface area contributed by atoms with Crippen LogP contribution in [0.1, 0.15) is 13.8 Å². The number of hydrogen-bond acceptors (Lipinski definition) is 1. The first kappa shape index (κ1) is 7.86. The average Bonchev–Trinajstić information content (AvgIpc) is 2.04. The first-order valence-electron chi connectivity index (χ1n) is 3.69. The summed E-state index contributed by atoms with van der Waals surface area (Å²) in [6.07, 6.45) is 4.00. The van der Waals surface area contributed by atoms with E-state index in [0.717, 1.165) is 10.4 Å². The standard InChI is InChI=1S/C10H12O/c1-3-8-5-6-10(11)7-9(8)4-2/h3-7,11H,1-2H3/b8-3-,9-4-. The van der Waals surface area contributed by atoms with Gasteiger partial charge in [0.2, 0.25) is 0 Å². The molecule has 0 saturated carbocycles. The van der Waals surface area contributed by atoms with Gasteiger partial charge in [-0.05, 0) is 36.4 Å². The van der Waals surface area contributed by atoms with Gasteiger partial charge in [0, 0.05) is 0 Å². The normalized spacial score (nSPS) is 14.0. The summed E-state index contributed by atoms with van der Waals surface area (Å²) in [7, 11) is 0. The number of benzene rings is 1. The van der Waals surface area contributed by atoms with E-state index in [-0.39, 0.29) is 0 Å². The third kappa shape index (κ3) is 1.61. The molecule has 0 radical (unpaired) electrons. The molecule has 0 aromatic heterocycles. The fraction of sp³-hybridized carbons (Fsp3) is 0.200. The second-order valence-electron chi connectivity index (χ2n) is 2.39. The Bertz CT molecular complexity index is 350. The van der Waals surface area contributed by atoms with E-state index in [1.165, 1.54) is 0 Å². The fourth-order valence-electron chi connectivity index (χ4n) is 1.08. The molecule has 0 aliphatic carbocycles. The van der Waals surface area contributed by atoms with E-state index in [1.54, 1.807) is 12.1 Å². The number of hydrogen-bond donors (Lipinski definition) is 1. The minimum atomic E-state index is 0.323. The summed E-state index contributed by atoms with van der Waals surface area (Å²) in [6, 6.07) is 5.36. The third-order valence-corrected chi connectivity index (χ3v) is 1.69. The van der Waals surface area contributed by atoms with E-state index in [9.17, 15) is 0 Å². The lowest BCUT2D eigenvalue weighted by atomic mass is 10.2. The van der Waals surface area contributed by atoms with Crippen LogP contribution in [0.2, 0.25) is 0 Å². The minimum absolute atomic E-state index is 0.323. The van der Waals surface area contributed by atoms with E-state index < -0.39 is 0 Å². The molecule has 1 heteroatoms. The van der Waals surface area contributed by atoms with E-state index in [4.69, 9.17) is 5.11 Å². The monoisotopic (exact) mass is 148 g/mol. The van der Waals surface area contributed by atoms with Crippen molar-refractivity contribution in [2.45, 2.75) is 13.8 Å². The molecule has 1 aromatic carbocycles. The Labute approximate surface area is 66.3 Å². The van der Waals surface area contributed by atoms with Gasteiger partial charge in [-0.1, -0.05) is 18.2 Å². The second-order valence-corrected chi connectivity index (χ2v) is 2.39. The first-order valence-corrected chi connectivity index (χ1v) is 3.69. The molecule has 11 heavy (non-hydrogen) atoms. The van der Waals surface area contributed by atoms with Crippen molar-refractivity contribution in [1.82, 2.24) is 0 Å². The molecule has 0 heterocycles. The lowest BCUT2D eigenvalue weighted by molar-refractivity contribution is 0.474. The summed E-state index contributed by atoms with van der Waals surface area (Å²) in [4.78, 5) is 0. The summed E-state index contributed by atoms with van der Waals surface area (Å²) in [5.74, 6) is 0.323. The highest BCUT2D eigenvalue weighted by atomic mass is 16.3. The zero-order chi connectivity index (χ0) is 8.27. The number of aromatic hydroxyl groups is 1. The van der Waals surface area contributed by atoms with Crippen molar-refractivity contribution in [3.05, 3.63) is 28.6 Å². The van der Waals surface area contributed by atoms with Crippen LogP contribution in [-0.2, 0) is 0 Å². The molecule has 0 fully saturated rings. The Hall–Kier alpha value is -1.24. The van der Waals surface area contributed by atoms with Gasteiger partial charge in [0.1, 0.15) is 5.75 Å². The summed E-state index contributed by atoms with van der Waals surface area (Å²) >= 11 is 0. The van der Waals surface area contributed by atoms with Gasteiger partial charge in [0.15, 0.2) is 0 Å². The quantitative estimate of drug-likeness (QED) is 0.581. The van der Waals surface area contributed by atoms with Crippen molar-refractivity contribution in [3.8, 4) is 5.75 Å². The van der Waals surface area contributed by atoms with Crippen molar-refractivity contribution in [2.24, 2.45) is 0 Å². The van der Waals surface area contributed by atoms with Gasteiger partial charge >= 0.3 is 0 Å². The topological polar surface area (TPSA) is 20.2 Å². The Morgan fingerprint density at radius 3 is 2.27 bits per heavy atom. The van der Waals surface area contributed by atoms with Crippen LogP contribution in [0.15, 0.2) is 18.2 Å². The number of phenolic OH excluding ortho intramolecular Hbond substituents is 1. The van der Waals surface area contributed by atoms with Crippen molar-refractivity contribution in [2.75, 3.05) is 0 Å². The minimum Gasteiger partial charge on any atom is -0.508 e. The lowest BCUT2D eigenvalue weighted by Gasteiger charge is -1.91. The Morgan fingerprint density at radius 2 is 1.73 bits per heavy atom. The van der Waals surface area contributed by atoms with Crippen molar-refractivity contribution < 1.29 is 5.11 Å². The zero-order valence-corrected chi connectivity index (χ0v) is 6.83. The van der Waals surface area contributed by atoms with Crippen LogP contribution in [0.5, 0.6) is 5.75 Å². The van der Waals surface area contributed by atoms with Gasteiger partial charge in [-0.15, -0.1) is 0 Å². The largest absolute Gasteiger partial charge is 0.508 e. The third-order valence-electron chi connectivity index (χ3n) is 1.69.